The normalized spacial score (nSPS) is 11.2. The van der Waals surface area contributed by atoms with E-state index in [1.54, 1.807) is 36.4 Å². The van der Waals surface area contributed by atoms with Crippen molar-refractivity contribution in [1.82, 2.24) is 0 Å². The summed E-state index contributed by atoms with van der Waals surface area (Å²) >= 11 is 0. The van der Waals surface area contributed by atoms with Crippen LogP contribution in [0.4, 0.5) is 5.69 Å². The summed E-state index contributed by atoms with van der Waals surface area (Å²) in [6.07, 6.45) is 2.63. The van der Waals surface area contributed by atoms with Gasteiger partial charge in [0, 0.05) is 11.6 Å². The molecule has 0 saturated heterocycles. The van der Waals surface area contributed by atoms with Crippen LogP contribution in [0.5, 0.6) is 5.75 Å². The lowest BCUT2D eigenvalue weighted by atomic mass is 10.1. The predicted octanol–water partition coefficient (Wildman–Crippen LogP) is 2.68. The van der Waals surface area contributed by atoms with Gasteiger partial charge in [0.2, 0.25) is 0 Å². The molecule has 0 unspecified atom stereocenters. The van der Waals surface area contributed by atoms with Crippen molar-refractivity contribution in [2.45, 2.75) is 4.90 Å². The molecule has 0 amide bonds. The van der Waals surface area contributed by atoms with Gasteiger partial charge in [-0.25, -0.2) is 13.2 Å². The van der Waals surface area contributed by atoms with Gasteiger partial charge in [0.1, 0.15) is 5.75 Å². The Morgan fingerprint density at radius 1 is 1.04 bits per heavy atom. The molecule has 0 spiro atoms. The molecule has 0 fully saturated rings. The van der Waals surface area contributed by atoms with Gasteiger partial charge < -0.3 is 9.47 Å². The summed E-state index contributed by atoms with van der Waals surface area (Å²) in [5, 5.41) is 0. The Morgan fingerprint density at radius 2 is 1.75 bits per heavy atom. The van der Waals surface area contributed by atoms with E-state index >= 15 is 0 Å². The van der Waals surface area contributed by atoms with E-state index in [0.717, 1.165) is 0 Å². The zero-order valence-corrected chi connectivity index (χ0v) is 14.0. The van der Waals surface area contributed by atoms with Gasteiger partial charge in [0.25, 0.3) is 10.0 Å². The number of hydrogen-bond donors (Lipinski definition) is 1. The standard InChI is InChI=1S/C17H17NO5S/c1-22-16-10-6-9-15(14(16)11-12-17(19)23-2)18-24(20,21)13-7-4-3-5-8-13/h3-12,18H,1-2H3/b12-11+. The van der Waals surface area contributed by atoms with Crippen molar-refractivity contribution in [2.75, 3.05) is 18.9 Å². The molecule has 0 aromatic heterocycles. The first-order valence-corrected chi connectivity index (χ1v) is 8.47. The predicted molar refractivity (Wildman–Crippen MR) is 91.3 cm³/mol. The van der Waals surface area contributed by atoms with E-state index < -0.39 is 16.0 Å². The molecule has 0 atom stereocenters. The van der Waals surface area contributed by atoms with Crippen LogP contribution in [0.15, 0.2) is 59.5 Å². The fraction of sp³-hybridized carbons (Fsp3) is 0.118. The van der Waals surface area contributed by atoms with E-state index in [2.05, 4.69) is 9.46 Å². The second-order valence-corrected chi connectivity index (χ2v) is 6.38. The van der Waals surface area contributed by atoms with Crippen molar-refractivity contribution < 1.29 is 22.7 Å². The summed E-state index contributed by atoms with van der Waals surface area (Å²) in [6.45, 7) is 0. The average Bonchev–Trinajstić information content (AvgIpc) is 2.60. The molecule has 0 aliphatic heterocycles. The van der Waals surface area contributed by atoms with Crippen LogP contribution >= 0.6 is 0 Å². The molecular formula is C17H17NO5S. The molecule has 0 radical (unpaired) electrons. The summed E-state index contributed by atoms with van der Waals surface area (Å²) < 4.78 is 37.3. The van der Waals surface area contributed by atoms with Crippen LogP contribution in [0.25, 0.3) is 6.08 Å². The molecule has 0 aliphatic rings. The maximum Gasteiger partial charge on any atom is 0.330 e. The molecule has 2 aromatic rings. The minimum atomic E-state index is -3.76. The highest BCUT2D eigenvalue weighted by Crippen LogP contribution is 2.29. The third kappa shape index (κ3) is 4.14. The van der Waals surface area contributed by atoms with E-state index in [1.165, 1.54) is 38.5 Å². The van der Waals surface area contributed by atoms with E-state index in [-0.39, 0.29) is 4.90 Å². The highest BCUT2D eigenvalue weighted by molar-refractivity contribution is 7.92. The van der Waals surface area contributed by atoms with Gasteiger partial charge >= 0.3 is 5.97 Å². The minimum absolute atomic E-state index is 0.135. The van der Waals surface area contributed by atoms with E-state index in [9.17, 15) is 13.2 Å². The summed E-state index contributed by atoms with van der Waals surface area (Å²) in [7, 11) is -1.04. The van der Waals surface area contributed by atoms with Crippen LogP contribution in [0.2, 0.25) is 0 Å². The number of methoxy groups -OCH3 is 2. The maximum absolute atomic E-state index is 12.5. The largest absolute Gasteiger partial charge is 0.496 e. The highest BCUT2D eigenvalue weighted by Gasteiger charge is 2.16. The van der Waals surface area contributed by atoms with Crippen molar-refractivity contribution in [1.29, 1.82) is 0 Å². The number of benzene rings is 2. The number of sulfonamides is 1. The van der Waals surface area contributed by atoms with Gasteiger partial charge in [0.15, 0.2) is 0 Å². The van der Waals surface area contributed by atoms with Gasteiger partial charge in [-0.2, -0.15) is 0 Å². The second-order valence-electron chi connectivity index (χ2n) is 4.70. The molecular weight excluding hydrogens is 330 g/mol. The summed E-state index contributed by atoms with van der Waals surface area (Å²) in [5.74, 6) is -0.138. The number of hydrogen-bond acceptors (Lipinski definition) is 5. The maximum atomic E-state index is 12.5. The number of nitrogens with one attached hydrogen (secondary N) is 1. The van der Waals surface area contributed by atoms with E-state index in [0.29, 0.717) is 17.0 Å². The molecule has 6 nitrogen and oxygen atoms in total. The first-order chi connectivity index (χ1) is 11.5. The monoisotopic (exact) mass is 347 g/mol. The Labute approximate surface area is 140 Å². The Bertz CT molecular complexity index is 845. The third-order valence-electron chi connectivity index (χ3n) is 3.17. The lowest BCUT2D eigenvalue weighted by molar-refractivity contribution is -0.134. The van der Waals surface area contributed by atoms with Crippen LogP contribution in [-0.4, -0.2) is 28.6 Å². The molecule has 2 rings (SSSR count). The van der Waals surface area contributed by atoms with Crippen LogP contribution in [0.3, 0.4) is 0 Å². The smallest absolute Gasteiger partial charge is 0.330 e. The first-order valence-electron chi connectivity index (χ1n) is 6.99. The SMILES string of the molecule is COC(=O)/C=C/c1c(NS(=O)(=O)c2ccccc2)cccc1OC. The molecule has 2 aromatic carbocycles. The summed E-state index contributed by atoms with van der Waals surface area (Å²) in [6, 6.07) is 12.9. The molecule has 7 heteroatoms. The van der Waals surface area contributed by atoms with Crippen LogP contribution in [0.1, 0.15) is 5.56 Å². The lowest BCUT2D eigenvalue weighted by Crippen LogP contribution is -2.13. The van der Waals surface area contributed by atoms with E-state index in [1.807, 2.05) is 0 Å². The first kappa shape index (κ1) is 17.6. The molecule has 126 valence electrons. The Kier molecular flexibility index (Phi) is 5.59. The van der Waals surface area contributed by atoms with Crippen molar-refractivity contribution in [2.24, 2.45) is 0 Å². The fourth-order valence-corrected chi connectivity index (χ4v) is 3.11. The summed E-state index contributed by atoms with van der Waals surface area (Å²) in [4.78, 5) is 11.4. The zero-order valence-electron chi connectivity index (χ0n) is 13.2. The number of anilines is 1. The Balaban J connectivity index is 2.43. The van der Waals surface area contributed by atoms with Gasteiger partial charge in [-0.05, 0) is 30.3 Å². The number of carbonyl (C=O) groups is 1. The third-order valence-corrected chi connectivity index (χ3v) is 4.55. The van der Waals surface area contributed by atoms with Gasteiger partial charge in [0.05, 0.1) is 24.8 Å². The Hall–Kier alpha value is -2.80. The van der Waals surface area contributed by atoms with Crippen LogP contribution in [0, 0.1) is 0 Å². The van der Waals surface area contributed by atoms with Crippen LogP contribution < -0.4 is 9.46 Å². The molecule has 0 aliphatic carbocycles. The second kappa shape index (κ2) is 7.65. The molecule has 1 N–H and O–H groups in total. The van der Waals surface area contributed by atoms with Crippen LogP contribution in [-0.2, 0) is 19.6 Å². The van der Waals surface area contributed by atoms with Gasteiger partial charge in [-0.3, -0.25) is 4.72 Å². The summed E-state index contributed by atoms with van der Waals surface area (Å²) in [5.41, 5.74) is 0.711. The van der Waals surface area contributed by atoms with E-state index in [4.69, 9.17) is 4.74 Å². The average molecular weight is 347 g/mol. The van der Waals surface area contributed by atoms with Crippen molar-refractivity contribution >= 4 is 27.8 Å². The topological polar surface area (TPSA) is 81.7 Å². The highest BCUT2D eigenvalue weighted by atomic mass is 32.2. The fourth-order valence-electron chi connectivity index (χ4n) is 2.01. The van der Waals surface area contributed by atoms with Crippen molar-refractivity contribution in [3.8, 4) is 5.75 Å². The number of ether oxygens (including phenoxy) is 2. The zero-order chi connectivity index (χ0) is 17.6. The number of esters is 1. The molecule has 24 heavy (non-hydrogen) atoms. The minimum Gasteiger partial charge on any atom is -0.496 e. The number of rotatable bonds is 6. The molecule has 0 bridgehead atoms. The molecule has 0 heterocycles. The number of carbonyl (C=O) groups excluding carboxylic acids is 1. The van der Waals surface area contributed by atoms with Gasteiger partial charge in [-0.15, -0.1) is 0 Å². The lowest BCUT2D eigenvalue weighted by Gasteiger charge is -2.13. The van der Waals surface area contributed by atoms with Crippen molar-refractivity contribution in [3.05, 3.63) is 60.2 Å². The quantitative estimate of drug-likeness (QED) is 0.642. The Morgan fingerprint density at radius 3 is 2.38 bits per heavy atom. The van der Waals surface area contributed by atoms with Gasteiger partial charge in [-0.1, -0.05) is 24.3 Å². The van der Waals surface area contributed by atoms with Crippen molar-refractivity contribution in [3.63, 3.8) is 0 Å². The molecule has 0 saturated carbocycles.